The fourth-order valence-corrected chi connectivity index (χ4v) is 2.88. The Morgan fingerprint density at radius 2 is 1.90 bits per heavy atom. The SMILES string of the molecule is CN=C(NCc1cccc(Cn2ccnc2)c1)NCc1ccccc1OC(F)F. The Hall–Kier alpha value is -3.42. The summed E-state index contributed by atoms with van der Waals surface area (Å²) >= 11 is 0. The van der Waals surface area contributed by atoms with Crippen molar-refractivity contribution in [3.05, 3.63) is 83.9 Å². The minimum absolute atomic E-state index is 0.151. The first-order chi connectivity index (χ1) is 14.1. The van der Waals surface area contributed by atoms with Crippen molar-refractivity contribution in [2.45, 2.75) is 26.2 Å². The van der Waals surface area contributed by atoms with Crippen molar-refractivity contribution >= 4 is 5.96 Å². The number of benzene rings is 2. The van der Waals surface area contributed by atoms with Crippen LogP contribution in [0, 0.1) is 0 Å². The Labute approximate surface area is 168 Å². The van der Waals surface area contributed by atoms with Crippen LogP contribution >= 0.6 is 0 Å². The smallest absolute Gasteiger partial charge is 0.387 e. The van der Waals surface area contributed by atoms with E-state index in [1.54, 1.807) is 37.8 Å². The average molecular weight is 399 g/mol. The van der Waals surface area contributed by atoms with Crippen molar-refractivity contribution in [3.63, 3.8) is 0 Å². The number of guanidine groups is 1. The lowest BCUT2D eigenvalue weighted by Crippen LogP contribution is -2.36. The van der Waals surface area contributed by atoms with Crippen LogP contribution in [0.1, 0.15) is 16.7 Å². The van der Waals surface area contributed by atoms with Gasteiger partial charge in [0.25, 0.3) is 0 Å². The van der Waals surface area contributed by atoms with Crippen LogP contribution in [0.2, 0.25) is 0 Å². The van der Waals surface area contributed by atoms with E-state index in [4.69, 9.17) is 0 Å². The van der Waals surface area contributed by atoms with E-state index in [-0.39, 0.29) is 5.75 Å². The molecule has 0 saturated carbocycles. The van der Waals surface area contributed by atoms with Gasteiger partial charge in [-0.15, -0.1) is 0 Å². The maximum absolute atomic E-state index is 12.5. The Morgan fingerprint density at radius 1 is 1.10 bits per heavy atom. The van der Waals surface area contributed by atoms with Gasteiger partial charge in [0, 0.05) is 44.6 Å². The Morgan fingerprint density at radius 3 is 2.66 bits per heavy atom. The van der Waals surface area contributed by atoms with E-state index in [0.717, 1.165) is 12.1 Å². The van der Waals surface area contributed by atoms with Crippen LogP contribution in [-0.4, -0.2) is 29.2 Å². The van der Waals surface area contributed by atoms with Crippen LogP contribution in [-0.2, 0) is 19.6 Å². The third-order valence-corrected chi connectivity index (χ3v) is 4.23. The molecule has 3 aromatic rings. The molecule has 0 fully saturated rings. The Kier molecular flexibility index (Phi) is 7.16. The second kappa shape index (κ2) is 10.2. The van der Waals surface area contributed by atoms with E-state index in [0.29, 0.717) is 24.6 Å². The molecule has 0 radical (unpaired) electrons. The lowest BCUT2D eigenvalue weighted by Gasteiger charge is -2.15. The molecule has 152 valence electrons. The van der Waals surface area contributed by atoms with Crippen LogP contribution in [0.25, 0.3) is 0 Å². The summed E-state index contributed by atoms with van der Waals surface area (Å²) in [5.41, 5.74) is 2.90. The van der Waals surface area contributed by atoms with Gasteiger partial charge in [0.05, 0.1) is 6.33 Å². The fourth-order valence-electron chi connectivity index (χ4n) is 2.88. The molecule has 6 nitrogen and oxygen atoms in total. The molecule has 0 unspecified atom stereocenters. The van der Waals surface area contributed by atoms with Crippen LogP contribution in [0.3, 0.4) is 0 Å². The fraction of sp³-hybridized carbons (Fsp3) is 0.238. The summed E-state index contributed by atoms with van der Waals surface area (Å²) < 4.78 is 31.6. The number of aromatic nitrogens is 2. The van der Waals surface area contributed by atoms with E-state index >= 15 is 0 Å². The van der Waals surface area contributed by atoms with Crippen LogP contribution < -0.4 is 15.4 Å². The molecule has 2 N–H and O–H groups in total. The molecule has 29 heavy (non-hydrogen) atoms. The monoisotopic (exact) mass is 399 g/mol. The van der Waals surface area contributed by atoms with Gasteiger partial charge in [-0.1, -0.05) is 42.5 Å². The second-order valence-electron chi connectivity index (χ2n) is 6.32. The first-order valence-electron chi connectivity index (χ1n) is 9.15. The molecule has 0 saturated heterocycles. The molecule has 0 bridgehead atoms. The number of imidazole rings is 1. The number of nitrogens with zero attached hydrogens (tertiary/aromatic N) is 3. The van der Waals surface area contributed by atoms with Gasteiger partial charge in [-0.2, -0.15) is 8.78 Å². The van der Waals surface area contributed by atoms with Gasteiger partial charge < -0.3 is 19.9 Å². The number of aliphatic imine (C=N–C) groups is 1. The predicted octanol–water partition coefficient (Wildman–Crippen LogP) is 3.40. The van der Waals surface area contributed by atoms with Crippen LogP contribution in [0.4, 0.5) is 8.78 Å². The lowest BCUT2D eigenvalue weighted by molar-refractivity contribution is -0.0504. The summed E-state index contributed by atoms with van der Waals surface area (Å²) in [4.78, 5) is 8.24. The molecular weight excluding hydrogens is 376 g/mol. The minimum Gasteiger partial charge on any atom is -0.434 e. The Balaban J connectivity index is 1.55. The number of para-hydroxylation sites is 1. The van der Waals surface area contributed by atoms with Gasteiger partial charge in [0.1, 0.15) is 5.75 Å². The van der Waals surface area contributed by atoms with Gasteiger partial charge >= 0.3 is 6.61 Å². The average Bonchev–Trinajstić information content (AvgIpc) is 3.22. The maximum atomic E-state index is 12.5. The number of hydrogen-bond donors (Lipinski definition) is 2. The minimum atomic E-state index is -2.86. The topological polar surface area (TPSA) is 63.5 Å². The summed E-state index contributed by atoms with van der Waals surface area (Å²) in [7, 11) is 1.66. The lowest BCUT2D eigenvalue weighted by atomic mass is 10.1. The van der Waals surface area contributed by atoms with Gasteiger partial charge in [-0.3, -0.25) is 4.99 Å². The molecule has 0 atom stereocenters. The van der Waals surface area contributed by atoms with Crippen molar-refractivity contribution in [1.82, 2.24) is 20.2 Å². The number of alkyl halides is 2. The third kappa shape index (κ3) is 6.31. The van der Waals surface area contributed by atoms with E-state index in [9.17, 15) is 8.78 Å². The highest BCUT2D eigenvalue weighted by molar-refractivity contribution is 5.79. The van der Waals surface area contributed by atoms with Crippen molar-refractivity contribution in [3.8, 4) is 5.75 Å². The maximum Gasteiger partial charge on any atom is 0.387 e. The molecule has 3 rings (SSSR count). The molecule has 0 aliphatic heterocycles. The summed E-state index contributed by atoms with van der Waals surface area (Å²) in [5, 5.41) is 6.36. The third-order valence-electron chi connectivity index (χ3n) is 4.23. The van der Waals surface area contributed by atoms with E-state index in [2.05, 4.69) is 37.5 Å². The number of hydrogen-bond acceptors (Lipinski definition) is 3. The highest BCUT2D eigenvalue weighted by atomic mass is 19.3. The number of nitrogens with one attached hydrogen (secondary N) is 2. The van der Waals surface area contributed by atoms with Gasteiger partial charge in [-0.25, -0.2) is 4.98 Å². The second-order valence-corrected chi connectivity index (χ2v) is 6.32. The standard InChI is InChI=1S/C21H23F2N5O/c1-24-21(27-13-18-7-2-3-8-19(18)29-20(22)23)26-12-16-5-4-6-17(11-16)14-28-10-9-25-15-28/h2-11,15,20H,12-14H2,1H3,(H2,24,26,27). The zero-order valence-electron chi connectivity index (χ0n) is 16.1. The molecule has 8 heteroatoms. The molecule has 1 aromatic heterocycles. The summed E-state index contributed by atoms with van der Waals surface area (Å²) in [6.45, 7) is -1.22. The van der Waals surface area contributed by atoms with Gasteiger partial charge in [0.2, 0.25) is 0 Å². The summed E-state index contributed by atoms with van der Waals surface area (Å²) in [6, 6.07) is 14.9. The normalized spacial score (nSPS) is 11.5. The molecule has 0 spiro atoms. The van der Waals surface area contributed by atoms with E-state index in [1.165, 1.54) is 11.6 Å². The molecule has 1 heterocycles. The highest BCUT2D eigenvalue weighted by Crippen LogP contribution is 2.19. The predicted molar refractivity (Wildman–Crippen MR) is 108 cm³/mol. The van der Waals surface area contributed by atoms with Crippen LogP contribution in [0.5, 0.6) is 5.75 Å². The molecule has 0 aliphatic rings. The first kappa shape index (κ1) is 20.3. The van der Waals surface area contributed by atoms with Gasteiger partial charge in [-0.05, 0) is 17.2 Å². The number of rotatable bonds is 8. The largest absolute Gasteiger partial charge is 0.434 e. The summed E-state index contributed by atoms with van der Waals surface area (Å²) in [6.07, 6.45) is 5.46. The number of halogens is 2. The van der Waals surface area contributed by atoms with Gasteiger partial charge in [0.15, 0.2) is 5.96 Å². The highest BCUT2D eigenvalue weighted by Gasteiger charge is 2.09. The van der Waals surface area contributed by atoms with E-state index in [1.807, 2.05) is 22.9 Å². The quantitative estimate of drug-likeness (QED) is 0.450. The van der Waals surface area contributed by atoms with Crippen molar-refractivity contribution in [1.29, 1.82) is 0 Å². The first-order valence-corrected chi connectivity index (χ1v) is 9.15. The van der Waals surface area contributed by atoms with Crippen molar-refractivity contribution in [2.75, 3.05) is 7.05 Å². The Bertz CT molecular complexity index is 928. The summed E-state index contributed by atoms with van der Waals surface area (Å²) in [5.74, 6) is 0.717. The van der Waals surface area contributed by atoms with E-state index < -0.39 is 6.61 Å². The number of ether oxygens (including phenoxy) is 1. The van der Waals surface area contributed by atoms with Crippen molar-refractivity contribution in [2.24, 2.45) is 4.99 Å². The van der Waals surface area contributed by atoms with Crippen LogP contribution in [0.15, 0.2) is 72.2 Å². The zero-order valence-corrected chi connectivity index (χ0v) is 16.1. The molecule has 0 aliphatic carbocycles. The molecule has 2 aromatic carbocycles. The molecular formula is C21H23F2N5O. The van der Waals surface area contributed by atoms with Crippen molar-refractivity contribution < 1.29 is 13.5 Å². The molecule has 0 amide bonds. The zero-order chi connectivity index (χ0) is 20.5.